The summed E-state index contributed by atoms with van der Waals surface area (Å²) in [6.07, 6.45) is 8.90. The van der Waals surface area contributed by atoms with Gasteiger partial charge in [0.1, 0.15) is 0 Å². The summed E-state index contributed by atoms with van der Waals surface area (Å²) in [6, 6.07) is 0. The average molecular weight is 227 g/mol. The summed E-state index contributed by atoms with van der Waals surface area (Å²) >= 11 is 0. The molecule has 0 aromatic heterocycles. The molecular formula is C13H25NO2. The number of nitrogens with one attached hydrogen (secondary N) is 1. The topological polar surface area (TPSA) is 49.3 Å². The molecule has 16 heavy (non-hydrogen) atoms. The van der Waals surface area contributed by atoms with Crippen LogP contribution in [0.15, 0.2) is 0 Å². The molecule has 0 amide bonds. The van der Waals surface area contributed by atoms with Gasteiger partial charge < -0.3 is 10.4 Å². The van der Waals surface area contributed by atoms with Crippen molar-refractivity contribution in [2.24, 2.45) is 5.41 Å². The van der Waals surface area contributed by atoms with E-state index in [1.54, 1.807) is 0 Å². The van der Waals surface area contributed by atoms with Crippen molar-refractivity contribution in [1.29, 1.82) is 0 Å². The highest BCUT2D eigenvalue weighted by Crippen LogP contribution is 2.34. The standard InChI is InChI=1S/C13H25NO2/c1-13(8-4-2-5-9-13)11-14-10-6-3-7-12(15)16/h14H,2-11H2,1H3,(H,15,16). The molecule has 94 valence electrons. The Hall–Kier alpha value is -0.570. The maximum Gasteiger partial charge on any atom is 0.303 e. The van der Waals surface area contributed by atoms with Crippen LogP contribution in [0, 0.1) is 5.41 Å². The van der Waals surface area contributed by atoms with Gasteiger partial charge in [0.15, 0.2) is 0 Å². The minimum absolute atomic E-state index is 0.305. The summed E-state index contributed by atoms with van der Waals surface area (Å²) in [5.74, 6) is -0.681. The Kier molecular flexibility index (Phi) is 5.81. The largest absolute Gasteiger partial charge is 0.481 e. The predicted molar refractivity (Wildman–Crippen MR) is 65.5 cm³/mol. The zero-order valence-corrected chi connectivity index (χ0v) is 10.4. The van der Waals surface area contributed by atoms with Gasteiger partial charge in [0.2, 0.25) is 0 Å². The maximum absolute atomic E-state index is 10.3. The molecule has 0 spiro atoms. The fourth-order valence-corrected chi connectivity index (χ4v) is 2.50. The van der Waals surface area contributed by atoms with Gasteiger partial charge in [-0.1, -0.05) is 26.2 Å². The maximum atomic E-state index is 10.3. The Morgan fingerprint density at radius 3 is 2.56 bits per heavy atom. The van der Waals surface area contributed by atoms with Crippen molar-refractivity contribution in [2.75, 3.05) is 13.1 Å². The lowest BCUT2D eigenvalue weighted by Crippen LogP contribution is -2.34. The molecule has 0 radical (unpaired) electrons. The first-order valence-corrected chi connectivity index (χ1v) is 6.55. The molecule has 0 aliphatic heterocycles. The van der Waals surface area contributed by atoms with Crippen LogP contribution in [0.1, 0.15) is 58.3 Å². The normalized spacial score (nSPS) is 19.6. The van der Waals surface area contributed by atoms with E-state index >= 15 is 0 Å². The minimum Gasteiger partial charge on any atom is -0.481 e. The van der Waals surface area contributed by atoms with Gasteiger partial charge in [0.25, 0.3) is 0 Å². The van der Waals surface area contributed by atoms with Crippen molar-refractivity contribution in [3.05, 3.63) is 0 Å². The molecule has 0 aromatic rings. The van der Waals surface area contributed by atoms with Crippen molar-refractivity contribution in [3.63, 3.8) is 0 Å². The molecule has 2 N–H and O–H groups in total. The van der Waals surface area contributed by atoms with Crippen LogP contribution in [-0.2, 0) is 4.79 Å². The molecule has 0 heterocycles. The van der Waals surface area contributed by atoms with E-state index in [4.69, 9.17) is 5.11 Å². The molecule has 0 aromatic carbocycles. The quantitative estimate of drug-likeness (QED) is 0.657. The monoisotopic (exact) mass is 227 g/mol. The molecule has 1 aliphatic carbocycles. The molecule has 3 heteroatoms. The fraction of sp³-hybridized carbons (Fsp3) is 0.923. The number of aliphatic carboxylic acids is 1. The molecule has 0 bridgehead atoms. The van der Waals surface area contributed by atoms with Crippen LogP contribution in [-0.4, -0.2) is 24.2 Å². The molecule has 0 atom stereocenters. The number of hydrogen-bond donors (Lipinski definition) is 2. The van der Waals surface area contributed by atoms with E-state index in [1.807, 2.05) is 0 Å². The van der Waals surface area contributed by atoms with Crippen LogP contribution in [0.2, 0.25) is 0 Å². The lowest BCUT2D eigenvalue weighted by molar-refractivity contribution is -0.137. The Bertz CT molecular complexity index is 210. The third kappa shape index (κ3) is 5.50. The van der Waals surface area contributed by atoms with E-state index in [0.29, 0.717) is 11.8 Å². The summed E-state index contributed by atoms with van der Waals surface area (Å²) < 4.78 is 0. The van der Waals surface area contributed by atoms with E-state index in [-0.39, 0.29) is 0 Å². The number of carboxylic acids is 1. The van der Waals surface area contributed by atoms with Crippen LogP contribution in [0.4, 0.5) is 0 Å². The molecule has 1 fully saturated rings. The molecule has 1 aliphatic rings. The lowest BCUT2D eigenvalue weighted by atomic mass is 9.76. The van der Waals surface area contributed by atoms with Gasteiger partial charge in [0, 0.05) is 13.0 Å². The van der Waals surface area contributed by atoms with Crippen molar-refractivity contribution in [3.8, 4) is 0 Å². The van der Waals surface area contributed by atoms with Gasteiger partial charge in [-0.2, -0.15) is 0 Å². The number of unbranched alkanes of at least 4 members (excludes halogenated alkanes) is 1. The summed E-state index contributed by atoms with van der Waals surface area (Å²) in [5, 5.41) is 12.0. The van der Waals surface area contributed by atoms with Crippen LogP contribution >= 0.6 is 0 Å². The van der Waals surface area contributed by atoms with Crippen molar-refractivity contribution in [2.45, 2.75) is 58.3 Å². The Morgan fingerprint density at radius 2 is 1.94 bits per heavy atom. The van der Waals surface area contributed by atoms with Crippen LogP contribution < -0.4 is 5.32 Å². The van der Waals surface area contributed by atoms with Gasteiger partial charge in [-0.05, 0) is 37.6 Å². The second kappa shape index (κ2) is 6.89. The molecule has 3 nitrogen and oxygen atoms in total. The smallest absolute Gasteiger partial charge is 0.303 e. The van der Waals surface area contributed by atoms with E-state index in [2.05, 4.69) is 12.2 Å². The highest BCUT2D eigenvalue weighted by atomic mass is 16.4. The fourth-order valence-electron chi connectivity index (χ4n) is 2.50. The third-order valence-corrected chi connectivity index (χ3v) is 3.61. The molecule has 1 rings (SSSR count). The zero-order valence-electron chi connectivity index (χ0n) is 10.4. The van der Waals surface area contributed by atoms with E-state index in [1.165, 1.54) is 32.1 Å². The first kappa shape index (κ1) is 13.5. The third-order valence-electron chi connectivity index (χ3n) is 3.61. The predicted octanol–water partition coefficient (Wildman–Crippen LogP) is 2.80. The second-order valence-electron chi connectivity index (χ2n) is 5.40. The van der Waals surface area contributed by atoms with E-state index < -0.39 is 5.97 Å². The molecule has 0 unspecified atom stereocenters. The number of hydrogen-bond acceptors (Lipinski definition) is 2. The number of carboxylic acid groups (broad SMARTS) is 1. The van der Waals surface area contributed by atoms with Gasteiger partial charge in [0.05, 0.1) is 0 Å². The van der Waals surface area contributed by atoms with Crippen molar-refractivity contribution in [1.82, 2.24) is 5.32 Å². The van der Waals surface area contributed by atoms with Crippen LogP contribution in [0.3, 0.4) is 0 Å². The van der Waals surface area contributed by atoms with Gasteiger partial charge in [-0.3, -0.25) is 4.79 Å². The first-order chi connectivity index (χ1) is 7.62. The molecular weight excluding hydrogens is 202 g/mol. The minimum atomic E-state index is -0.681. The van der Waals surface area contributed by atoms with Crippen molar-refractivity contribution < 1.29 is 9.90 Å². The summed E-state index contributed by atoms with van der Waals surface area (Å²) in [6.45, 7) is 4.43. The lowest BCUT2D eigenvalue weighted by Gasteiger charge is -2.33. The SMILES string of the molecule is CC1(CNCCCCC(=O)O)CCCCC1. The average Bonchev–Trinajstić information content (AvgIpc) is 2.24. The van der Waals surface area contributed by atoms with Crippen LogP contribution in [0.25, 0.3) is 0 Å². The number of rotatable bonds is 7. The summed E-state index contributed by atoms with van der Waals surface area (Å²) in [5.41, 5.74) is 0.491. The highest BCUT2D eigenvalue weighted by Gasteiger charge is 2.25. The second-order valence-corrected chi connectivity index (χ2v) is 5.40. The van der Waals surface area contributed by atoms with E-state index in [0.717, 1.165) is 25.9 Å². The van der Waals surface area contributed by atoms with Crippen molar-refractivity contribution >= 4 is 5.97 Å². The Morgan fingerprint density at radius 1 is 1.25 bits per heavy atom. The van der Waals surface area contributed by atoms with Crippen LogP contribution in [0.5, 0.6) is 0 Å². The van der Waals surface area contributed by atoms with Gasteiger partial charge in [-0.15, -0.1) is 0 Å². The first-order valence-electron chi connectivity index (χ1n) is 6.55. The number of carbonyl (C=O) groups is 1. The van der Waals surface area contributed by atoms with E-state index in [9.17, 15) is 4.79 Å². The summed E-state index contributed by atoms with van der Waals surface area (Å²) in [7, 11) is 0. The Balaban J connectivity index is 1.99. The Labute approximate surface area is 98.6 Å². The summed E-state index contributed by atoms with van der Waals surface area (Å²) in [4.78, 5) is 10.3. The van der Waals surface area contributed by atoms with Gasteiger partial charge >= 0.3 is 5.97 Å². The highest BCUT2D eigenvalue weighted by molar-refractivity contribution is 5.66. The van der Waals surface area contributed by atoms with Gasteiger partial charge in [-0.25, -0.2) is 0 Å². The zero-order chi connectivity index (χ0) is 11.9. The molecule has 1 saturated carbocycles. The molecule has 0 saturated heterocycles.